The highest BCUT2D eigenvalue weighted by Crippen LogP contribution is 2.37. The zero-order valence-electron chi connectivity index (χ0n) is 27.9. The van der Waals surface area contributed by atoms with Crippen molar-refractivity contribution in [3.05, 3.63) is 48.5 Å². The monoisotopic (exact) mass is 604 g/mol. The fourth-order valence-corrected chi connectivity index (χ4v) is 5.21. The highest BCUT2D eigenvalue weighted by Gasteiger charge is 2.52. The van der Waals surface area contributed by atoms with Crippen LogP contribution in [0.4, 0.5) is 11.4 Å². The van der Waals surface area contributed by atoms with E-state index in [1.165, 1.54) is 0 Å². The van der Waals surface area contributed by atoms with Crippen LogP contribution in [-0.2, 0) is 28.2 Å². The summed E-state index contributed by atoms with van der Waals surface area (Å²) in [5.74, 6) is 0.0191. The molecule has 2 aliphatic heterocycles. The topological polar surface area (TPSA) is 95.1 Å². The Morgan fingerprint density at radius 1 is 0.545 bits per heavy atom. The van der Waals surface area contributed by atoms with Gasteiger partial charge in [-0.25, -0.2) is 0 Å². The lowest BCUT2D eigenvalue weighted by molar-refractivity contribution is -0.117. The Morgan fingerprint density at radius 3 is 1.20 bits per heavy atom. The number of carbonyl (C=O) groups is 2. The van der Waals surface area contributed by atoms with Crippen molar-refractivity contribution in [3.63, 3.8) is 0 Å². The molecule has 238 valence electrons. The number of carbonyl (C=O) groups excluding carboxylic acids is 2. The van der Waals surface area contributed by atoms with Gasteiger partial charge in [0.1, 0.15) is 0 Å². The lowest BCUT2D eigenvalue weighted by Gasteiger charge is -2.32. The van der Waals surface area contributed by atoms with Crippen molar-refractivity contribution in [3.8, 4) is 0 Å². The van der Waals surface area contributed by atoms with Crippen molar-refractivity contribution in [1.82, 2.24) is 0 Å². The van der Waals surface area contributed by atoms with E-state index in [2.05, 4.69) is 10.6 Å². The Balaban J connectivity index is 1.08. The van der Waals surface area contributed by atoms with Crippen molar-refractivity contribution >= 4 is 48.4 Å². The number of amides is 2. The maximum atomic E-state index is 12.5. The lowest BCUT2D eigenvalue weighted by Crippen LogP contribution is -2.41. The largest absolute Gasteiger partial charge is 0.494 e. The number of hydrogen-bond donors (Lipinski definition) is 2. The van der Waals surface area contributed by atoms with Gasteiger partial charge in [0.25, 0.3) is 0 Å². The first-order chi connectivity index (χ1) is 20.6. The molecule has 2 aromatic carbocycles. The summed E-state index contributed by atoms with van der Waals surface area (Å²) in [6.07, 6.45) is 6.69. The molecule has 8 nitrogen and oxygen atoms in total. The molecule has 0 aliphatic carbocycles. The van der Waals surface area contributed by atoms with E-state index in [0.29, 0.717) is 12.8 Å². The molecule has 0 radical (unpaired) electrons. The SMILES string of the molecule is CC1(C)OB(c2cccc(NC(=O)CCCCCCCCC(=O)Nc3cccc(B4OC(C)(C)C(C)(C)O4)c3)c2)OC1(C)C. The Kier molecular flexibility index (Phi) is 10.7. The first-order valence-electron chi connectivity index (χ1n) is 16.1. The van der Waals surface area contributed by atoms with Gasteiger partial charge in [0.15, 0.2) is 0 Å². The summed E-state index contributed by atoms with van der Waals surface area (Å²) < 4.78 is 24.5. The quantitative estimate of drug-likeness (QED) is 0.216. The van der Waals surface area contributed by atoms with E-state index in [1.54, 1.807) is 0 Å². The molecule has 0 bridgehead atoms. The minimum absolute atomic E-state index is 0.00953. The Bertz CT molecular complexity index is 1180. The van der Waals surface area contributed by atoms with Gasteiger partial charge in [-0.3, -0.25) is 9.59 Å². The van der Waals surface area contributed by atoms with E-state index >= 15 is 0 Å². The molecule has 2 heterocycles. The number of benzene rings is 2. The number of nitrogens with one attached hydrogen (secondary N) is 2. The van der Waals surface area contributed by atoms with E-state index in [9.17, 15) is 9.59 Å². The van der Waals surface area contributed by atoms with Gasteiger partial charge in [0, 0.05) is 24.2 Å². The number of hydrogen-bond acceptors (Lipinski definition) is 6. The van der Waals surface area contributed by atoms with Crippen molar-refractivity contribution in [1.29, 1.82) is 0 Å². The third-order valence-electron chi connectivity index (χ3n) is 9.45. The van der Waals surface area contributed by atoms with Crippen LogP contribution in [0.2, 0.25) is 0 Å². The zero-order valence-corrected chi connectivity index (χ0v) is 27.9. The molecule has 4 rings (SSSR count). The van der Waals surface area contributed by atoms with Gasteiger partial charge in [-0.05, 0) is 103 Å². The second kappa shape index (κ2) is 13.8. The summed E-state index contributed by atoms with van der Waals surface area (Å²) in [5.41, 5.74) is 1.65. The fourth-order valence-electron chi connectivity index (χ4n) is 5.21. The first kappa shape index (κ1) is 34.2. The molecule has 0 saturated carbocycles. The zero-order chi connectivity index (χ0) is 32.2. The molecule has 0 atom stereocenters. The van der Waals surface area contributed by atoms with Crippen molar-refractivity contribution in [2.24, 2.45) is 0 Å². The molecular formula is C34H50B2N2O6. The highest BCUT2D eigenvalue weighted by atomic mass is 16.7. The Hall–Kier alpha value is -2.65. The molecular weight excluding hydrogens is 554 g/mol. The molecule has 44 heavy (non-hydrogen) atoms. The standard InChI is InChI=1S/C34H50B2N2O6/c1-31(2)32(3,4)42-35(41-31)25-17-15-19-27(23-25)37-29(39)21-13-11-9-10-12-14-22-30(40)38-28-20-16-18-26(24-28)36-43-33(5,6)34(7,8)44-36/h15-20,23-24H,9-14,21-22H2,1-8H3,(H,37,39)(H,38,40). The molecule has 2 fully saturated rings. The number of anilines is 2. The van der Waals surface area contributed by atoms with Crippen LogP contribution >= 0.6 is 0 Å². The van der Waals surface area contributed by atoms with Gasteiger partial charge in [0.2, 0.25) is 11.8 Å². The average Bonchev–Trinajstić information content (AvgIpc) is 3.30. The molecule has 0 unspecified atom stereocenters. The molecule has 2 N–H and O–H groups in total. The Morgan fingerprint density at radius 2 is 0.864 bits per heavy atom. The predicted octanol–water partition coefficient (Wildman–Crippen LogP) is 5.98. The molecule has 2 aliphatic rings. The molecule has 2 aromatic rings. The number of rotatable bonds is 13. The molecule has 2 amide bonds. The van der Waals surface area contributed by atoms with Crippen LogP contribution in [0.1, 0.15) is 107 Å². The highest BCUT2D eigenvalue weighted by molar-refractivity contribution is 6.62. The maximum absolute atomic E-state index is 12.5. The van der Waals surface area contributed by atoms with Gasteiger partial charge in [-0.2, -0.15) is 0 Å². The molecule has 0 spiro atoms. The second-order valence-electron chi connectivity index (χ2n) is 14.1. The van der Waals surface area contributed by atoms with Crippen LogP contribution in [0.3, 0.4) is 0 Å². The van der Waals surface area contributed by atoms with E-state index in [0.717, 1.165) is 60.8 Å². The molecule has 0 aromatic heterocycles. The van der Waals surface area contributed by atoms with E-state index in [4.69, 9.17) is 18.6 Å². The van der Waals surface area contributed by atoms with Gasteiger partial charge in [-0.1, -0.05) is 49.9 Å². The van der Waals surface area contributed by atoms with Crippen LogP contribution in [0.15, 0.2) is 48.5 Å². The average molecular weight is 604 g/mol. The normalized spacial score (nSPS) is 19.6. The second-order valence-corrected chi connectivity index (χ2v) is 14.1. The van der Waals surface area contributed by atoms with Crippen LogP contribution < -0.4 is 21.6 Å². The van der Waals surface area contributed by atoms with Crippen molar-refractivity contribution < 1.29 is 28.2 Å². The van der Waals surface area contributed by atoms with Crippen LogP contribution in [0.25, 0.3) is 0 Å². The summed E-state index contributed by atoms with van der Waals surface area (Å²) in [5, 5.41) is 6.02. The van der Waals surface area contributed by atoms with Crippen LogP contribution in [0.5, 0.6) is 0 Å². The minimum Gasteiger partial charge on any atom is -0.399 e. The molecule has 10 heteroatoms. The van der Waals surface area contributed by atoms with Gasteiger partial charge in [0.05, 0.1) is 22.4 Å². The van der Waals surface area contributed by atoms with E-state index < -0.39 is 36.6 Å². The summed E-state index contributed by atoms with van der Waals surface area (Å²) in [6.45, 7) is 16.2. The lowest BCUT2D eigenvalue weighted by atomic mass is 9.79. The van der Waals surface area contributed by atoms with Crippen LogP contribution in [0, 0.1) is 0 Å². The van der Waals surface area contributed by atoms with Crippen molar-refractivity contribution in [2.45, 2.75) is 129 Å². The smallest absolute Gasteiger partial charge is 0.399 e. The summed E-state index contributed by atoms with van der Waals surface area (Å²) in [6, 6.07) is 15.4. The maximum Gasteiger partial charge on any atom is 0.494 e. The minimum atomic E-state index is -0.457. The van der Waals surface area contributed by atoms with Crippen molar-refractivity contribution in [2.75, 3.05) is 10.6 Å². The third-order valence-corrected chi connectivity index (χ3v) is 9.45. The van der Waals surface area contributed by atoms with Gasteiger partial charge < -0.3 is 29.3 Å². The van der Waals surface area contributed by atoms with Crippen LogP contribution in [-0.4, -0.2) is 48.5 Å². The summed E-state index contributed by atoms with van der Waals surface area (Å²) in [7, 11) is -0.914. The molecule has 2 saturated heterocycles. The Labute approximate surface area is 264 Å². The number of unbranched alkanes of at least 4 members (excludes halogenated alkanes) is 5. The first-order valence-corrected chi connectivity index (χ1v) is 16.1. The van der Waals surface area contributed by atoms with Gasteiger partial charge >= 0.3 is 14.2 Å². The van der Waals surface area contributed by atoms with Gasteiger partial charge in [-0.15, -0.1) is 0 Å². The van der Waals surface area contributed by atoms with E-state index in [1.807, 2.05) is 104 Å². The fraction of sp³-hybridized carbons (Fsp3) is 0.588. The third kappa shape index (κ3) is 8.53. The predicted molar refractivity (Wildman–Crippen MR) is 179 cm³/mol. The summed E-state index contributed by atoms with van der Waals surface area (Å²) in [4.78, 5) is 25.1. The summed E-state index contributed by atoms with van der Waals surface area (Å²) >= 11 is 0. The van der Waals surface area contributed by atoms with E-state index in [-0.39, 0.29) is 11.8 Å².